The fourth-order valence-electron chi connectivity index (χ4n) is 3.59. The first-order valence-corrected chi connectivity index (χ1v) is 10.7. The molecule has 0 fully saturated rings. The van der Waals surface area contributed by atoms with Crippen molar-refractivity contribution in [1.82, 2.24) is 14.3 Å². The molecule has 4 aromatic rings. The average Bonchev–Trinajstić information content (AvgIpc) is 3.32. The topological polar surface area (TPSA) is 94.0 Å². The molecular formula is C24H28N4O5. The number of hydrogen-bond acceptors (Lipinski definition) is 8. The van der Waals surface area contributed by atoms with Crippen LogP contribution in [0.3, 0.4) is 0 Å². The minimum absolute atomic E-state index is 0.385. The van der Waals surface area contributed by atoms with E-state index in [0.717, 1.165) is 25.2 Å². The summed E-state index contributed by atoms with van der Waals surface area (Å²) in [7, 11) is 3.38. The molecule has 0 aliphatic carbocycles. The van der Waals surface area contributed by atoms with E-state index in [2.05, 4.69) is 15.0 Å². The molecule has 0 radical (unpaired) electrons. The second-order valence-corrected chi connectivity index (χ2v) is 7.54. The maximum Gasteiger partial charge on any atom is 0.155 e. The first-order valence-electron chi connectivity index (χ1n) is 10.7. The molecule has 0 bridgehead atoms. The van der Waals surface area contributed by atoms with Crippen LogP contribution in [0.4, 0.5) is 0 Å². The molecule has 0 spiro atoms. The van der Waals surface area contributed by atoms with Gasteiger partial charge in [-0.25, -0.2) is 4.98 Å². The summed E-state index contributed by atoms with van der Waals surface area (Å²) < 4.78 is 24.3. The normalized spacial score (nSPS) is 12.3. The maximum absolute atomic E-state index is 9.64. The first-order chi connectivity index (χ1) is 16.2. The molecule has 0 amide bonds. The van der Waals surface area contributed by atoms with E-state index in [0.29, 0.717) is 53.4 Å². The van der Waals surface area contributed by atoms with E-state index < -0.39 is 0 Å². The number of rotatable bonds is 11. The molecule has 0 aliphatic rings. The van der Waals surface area contributed by atoms with Gasteiger partial charge in [0.25, 0.3) is 0 Å². The molecule has 0 atom stereocenters. The van der Waals surface area contributed by atoms with Crippen LogP contribution in [-0.4, -0.2) is 73.2 Å². The van der Waals surface area contributed by atoms with Crippen LogP contribution in [0.25, 0.3) is 27.9 Å². The Balaban J connectivity index is 1.52. The Hall–Kier alpha value is -3.40. The van der Waals surface area contributed by atoms with Crippen molar-refractivity contribution >= 4 is 16.5 Å². The van der Waals surface area contributed by atoms with Gasteiger partial charge in [-0.15, -0.1) is 0 Å². The van der Waals surface area contributed by atoms with E-state index in [1.54, 1.807) is 26.6 Å². The molecule has 4 rings (SSSR count). The number of ether oxygens (including phenoxy) is 3. The lowest BCUT2D eigenvalue weighted by Gasteiger charge is -2.21. The van der Waals surface area contributed by atoms with Gasteiger partial charge in [0.2, 0.25) is 0 Å². The SMILES string of the molecule is COCCN(CCOC)CCOc1ccc2oc(-c3cc4cccn4cn3)c/c(=N\O)c2c1. The van der Waals surface area contributed by atoms with Crippen molar-refractivity contribution in [3.05, 3.63) is 60.3 Å². The third-order valence-corrected chi connectivity index (χ3v) is 5.39. The minimum atomic E-state index is 0.385. The van der Waals surface area contributed by atoms with Crippen molar-refractivity contribution in [2.24, 2.45) is 5.16 Å². The number of methoxy groups -OCH3 is 2. The third kappa shape index (κ3) is 5.51. The fraction of sp³-hybridized carbons (Fsp3) is 0.333. The quantitative estimate of drug-likeness (QED) is 0.276. The lowest BCUT2D eigenvalue weighted by molar-refractivity contribution is 0.104. The number of nitrogens with zero attached hydrogens (tertiary/aromatic N) is 4. The van der Waals surface area contributed by atoms with E-state index in [-0.39, 0.29) is 0 Å². The molecule has 3 heterocycles. The van der Waals surface area contributed by atoms with Gasteiger partial charge in [0.05, 0.1) is 24.9 Å². The van der Waals surface area contributed by atoms with E-state index in [1.165, 1.54) is 0 Å². The molecule has 0 unspecified atom stereocenters. The molecule has 9 heteroatoms. The van der Waals surface area contributed by atoms with Gasteiger partial charge in [0.1, 0.15) is 29.0 Å². The zero-order valence-corrected chi connectivity index (χ0v) is 18.8. The summed E-state index contributed by atoms with van der Waals surface area (Å²) in [6.45, 7) is 4.15. The lowest BCUT2D eigenvalue weighted by atomic mass is 10.2. The molecule has 174 valence electrons. The minimum Gasteiger partial charge on any atom is -0.492 e. The largest absolute Gasteiger partial charge is 0.492 e. The zero-order chi connectivity index (χ0) is 23.0. The summed E-state index contributed by atoms with van der Waals surface area (Å²) in [4.78, 5) is 6.67. The molecule has 1 N–H and O–H groups in total. The van der Waals surface area contributed by atoms with Crippen LogP contribution in [-0.2, 0) is 9.47 Å². The molecule has 0 saturated heterocycles. The molecule has 0 saturated carbocycles. The van der Waals surface area contributed by atoms with Crippen LogP contribution in [0.2, 0.25) is 0 Å². The van der Waals surface area contributed by atoms with Crippen molar-refractivity contribution in [3.8, 4) is 17.2 Å². The Morgan fingerprint density at radius 2 is 1.82 bits per heavy atom. The first kappa shape index (κ1) is 22.8. The van der Waals surface area contributed by atoms with Gasteiger partial charge in [-0.3, -0.25) is 4.90 Å². The third-order valence-electron chi connectivity index (χ3n) is 5.39. The highest BCUT2D eigenvalue weighted by molar-refractivity contribution is 5.80. The smallest absolute Gasteiger partial charge is 0.155 e. The fourth-order valence-corrected chi connectivity index (χ4v) is 3.59. The van der Waals surface area contributed by atoms with Gasteiger partial charge in [-0.2, -0.15) is 0 Å². The standard InChI is InChI=1S/C24H28N4O5/c1-30-11-8-27(9-12-31-2)10-13-32-19-5-6-23-20(15-19)21(26-29)16-24(33-23)22-14-18-4-3-7-28(18)17-25-22/h3-7,14-17,29H,8-13H2,1-2H3/b26-21+. The maximum atomic E-state index is 9.64. The van der Waals surface area contributed by atoms with Gasteiger partial charge < -0.3 is 28.2 Å². The molecule has 0 aliphatic heterocycles. The lowest BCUT2D eigenvalue weighted by Crippen LogP contribution is -2.34. The van der Waals surface area contributed by atoms with E-state index >= 15 is 0 Å². The number of benzene rings is 1. The highest BCUT2D eigenvalue weighted by Crippen LogP contribution is 2.24. The summed E-state index contributed by atoms with van der Waals surface area (Å²) in [5.74, 6) is 1.18. The van der Waals surface area contributed by atoms with Gasteiger partial charge in [0.15, 0.2) is 5.76 Å². The van der Waals surface area contributed by atoms with Gasteiger partial charge in [-0.05, 0) is 36.4 Å². The Bertz CT molecular complexity index is 1260. The Morgan fingerprint density at radius 1 is 1.03 bits per heavy atom. The van der Waals surface area contributed by atoms with Gasteiger partial charge in [-0.1, -0.05) is 5.16 Å². The molecule has 1 aromatic carbocycles. The van der Waals surface area contributed by atoms with E-state index in [9.17, 15) is 5.21 Å². The second kappa shape index (κ2) is 11.0. The second-order valence-electron chi connectivity index (χ2n) is 7.54. The van der Waals surface area contributed by atoms with Crippen molar-refractivity contribution in [2.75, 3.05) is 53.7 Å². The number of aromatic nitrogens is 2. The van der Waals surface area contributed by atoms with Crippen molar-refractivity contribution in [1.29, 1.82) is 0 Å². The number of hydrogen-bond donors (Lipinski definition) is 1. The van der Waals surface area contributed by atoms with E-state index in [4.69, 9.17) is 18.6 Å². The Kier molecular flexibility index (Phi) is 7.56. The molecule has 33 heavy (non-hydrogen) atoms. The molecule has 3 aromatic heterocycles. The summed E-state index contributed by atoms with van der Waals surface area (Å²) in [6.07, 6.45) is 3.65. The number of fused-ring (bicyclic) bond motifs is 2. The van der Waals surface area contributed by atoms with Crippen LogP contribution in [0, 0.1) is 0 Å². The summed E-state index contributed by atoms with van der Waals surface area (Å²) >= 11 is 0. The molecular weight excluding hydrogens is 424 g/mol. The monoisotopic (exact) mass is 452 g/mol. The van der Waals surface area contributed by atoms with Crippen LogP contribution in [0.15, 0.2) is 64.6 Å². The van der Waals surface area contributed by atoms with Crippen LogP contribution >= 0.6 is 0 Å². The average molecular weight is 453 g/mol. The van der Waals surface area contributed by atoms with Crippen LogP contribution < -0.4 is 10.1 Å². The van der Waals surface area contributed by atoms with Crippen molar-refractivity contribution in [3.63, 3.8) is 0 Å². The molecule has 9 nitrogen and oxygen atoms in total. The Labute approximate surface area is 191 Å². The summed E-state index contributed by atoms with van der Waals surface area (Å²) in [5, 5.41) is 14.1. The van der Waals surface area contributed by atoms with Crippen molar-refractivity contribution < 1.29 is 23.8 Å². The Morgan fingerprint density at radius 3 is 2.58 bits per heavy atom. The predicted molar refractivity (Wildman–Crippen MR) is 123 cm³/mol. The van der Waals surface area contributed by atoms with Crippen LogP contribution in [0.1, 0.15) is 0 Å². The van der Waals surface area contributed by atoms with Crippen LogP contribution in [0.5, 0.6) is 5.75 Å². The zero-order valence-electron chi connectivity index (χ0n) is 18.8. The van der Waals surface area contributed by atoms with Gasteiger partial charge >= 0.3 is 0 Å². The van der Waals surface area contributed by atoms with E-state index in [1.807, 2.05) is 47.0 Å². The van der Waals surface area contributed by atoms with Crippen molar-refractivity contribution in [2.45, 2.75) is 0 Å². The highest BCUT2D eigenvalue weighted by atomic mass is 16.5. The van der Waals surface area contributed by atoms with Gasteiger partial charge in [0, 0.05) is 51.6 Å². The summed E-state index contributed by atoms with van der Waals surface area (Å²) in [5.41, 5.74) is 2.22. The summed E-state index contributed by atoms with van der Waals surface area (Å²) in [6, 6.07) is 13.0. The highest BCUT2D eigenvalue weighted by Gasteiger charge is 2.10. The predicted octanol–water partition coefficient (Wildman–Crippen LogP) is 3.01.